The van der Waals surface area contributed by atoms with Crippen LogP contribution in [0.2, 0.25) is 0 Å². The Morgan fingerprint density at radius 1 is 1.17 bits per heavy atom. The molecule has 2 aromatic carbocycles. The van der Waals surface area contributed by atoms with Crippen LogP contribution in [0.4, 0.5) is 5.82 Å². The Balaban J connectivity index is 1.75. The molecular weight excluding hydrogens is 376 g/mol. The molecule has 0 bridgehead atoms. The van der Waals surface area contributed by atoms with E-state index in [1.165, 1.54) is 6.33 Å². The predicted octanol–water partition coefficient (Wildman–Crippen LogP) is 5.15. The SMILES string of the molecule is CCCc1c(Cc2ccc(-c3ccccc3C#N)cc2)c(N=[N+]=[N-])nc2ncnn12. The number of benzene rings is 2. The van der Waals surface area contributed by atoms with Gasteiger partial charge in [-0.1, -0.05) is 55.8 Å². The van der Waals surface area contributed by atoms with Crippen LogP contribution in [0.1, 0.15) is 35.7 Å². The lowest BCUT2D eigenvalue weighted by Crippen LogP contribution is -2.07. The van der Waals surface area contributed by atoms with Crippen molar-refractivity contribution < 1.29 is 0 Å². The molecule has 0 aliphatic carbocycles. The minimum absolute atomic E-state index is 0.334. The zero-order chi connectivity index (χ0) is 20.9. The number of azide groups is 1. The molecule has 146 valence electrons. The van der Waals surface area contributed by atoms with Gasteiger partial charge in [0.1, 0.15) is 12.1 Å². The lowest BCUT2D eigenvalue weighted by Gasteiger charge is -2.13. The van der Waals surface area contributed by atoms with Crippen LogP contribution in [0.25, 0.3) is 27.3 Å². The molecule has 0 saturated carbocycles. The molecule has 0 saturated heterocycles. The van der Waals surface area contributed by atoms with E-state index in [1.54, 1.807) is 4.52 Å². The van der Waals surface area contributed by atoms with Crippen LogP contribution in [-0.4, -0.2) is 19.6 Å². The van der Waals surface area contributed by atoms with E-state index < -0.39 is 0 Å². The molecule has 0 radical (unpaired) electrons. The van der Waals surface area contributed by atoms with Crippen LogP contribution in [0.5, 0.6) is 0 Å². The number of nitriles is 1. The highest BCUT2D eigenvalue weighted by atomic mass is 15.3. The van der Waals surface area contributed by atoms with E-state index in [9.17, 15) is 5.26 Å². The molecular formula is C22H18N8. The summed E-state index contributed by atoms with van der Waals surface area (Å²) in [5.41, 5.74) is 14.4. The Kier molecular flexibility index (Phi) is 5.37. The average Bonchev–Trinajstić information content (AvgIpc) is 3.25. The van der Waals surface area contributed by atoms with Gasteiger partial charge in [-0.3, -0.25) is 0 Å². The molecule has 8 nitrogen and oxygen atoms in total. The topological polar surface area (TPSA) is 116 Å². The van der Waals surface area contributed by atoms with Gasteiger partial charge in [-0.25, -0.2) is 9.50 Å². The molecule has 8 heteroatoms. The Bertz CT molecular complexity index is 1290. The summed E-state index contributed by atoms with van der Waals surface area (Å²) < 4.78 is 1.72. The standard InChI is InChI=1S/C22H18N8/c1-2-5-20-19(21(28-29-24)27-22-25-14-26-30(20)22)12-15-8-10-16(11-9-15)18-7-4-3-6-17(18)13-23/h3-4,6-11,14H,2,5,12H2,1H3. The Morgan fingerprint density at radius 2 is 1.97 bits per heavy atom. The largest absolute Gasteiger partial charge is 0.252 e. The minimum atomic E-state index is 0.334. The molecule has 0 spiro atoms. The summed E-state index contributed by atoms with van der Waals surface area (Å²) in [4.78, 5) is 11.5. The van der Waals surface area contributed by atoms with E-state index in [2.05, 4.69) is 38.1 Å². The fraction of sp³-hybridized carbons (Fsp3) is 0.182. The normalized spacial score (nSPS) is 10.5. The molecule has 2 heterocycles. The second-order valence-corrected chi connectivity index (χ2v) is 6.80. The maximum absolute atomic E-state index is 9.35. The van der Waals surface area contributed by atoms with Crippen molar-refractivity contribution in [2.75, 3.05) is 0 Å². The van der Waals surface area contributed by atoms with Crippen molar-refractivity contribution in [2.45, 2.75) is 26.2 Å². The van der Waals surface area contributed by atoms with Gasteiger partial charge >= 0.3 is 0 Å². The van der Waals surface area contributed by atoms with Crippen molar-refractivity contribution in [1.82, 2.24) is 19.6 Å². The van der Waals surface area contributed by atoms with E-state index in [4.69, 9.17) is 5.53 Å². The number of hydrogen-bond acceptors (Lipinski definition) is 5. The third-order valence-electron chi connectivity index (χ3n) is 4.93. The van der Waals surface area contributed by atoms with Crippen LogP contribution >= 0.6 is 0 Å². The molecule has 0 atom stereocenters. The van der Waals surface area contributed by atoms with Crippen molar-refractivity contribution >= 4 is 11.6 Å². The van der Waals surface area contributed by atoms with Gasteiger partial charge in [0.05, 0.1) is 17.3 Å². The summed E-state index contributed by atoms with van der Waals surface area (Å²) in [6.45, 7) is 2.08. The molecule has 0 unspecified atom stereocenters. The molecule has 0 aliphatic heterocycles. The van der Waals surface area contributed by atoms with Crippen LogP contribution in [-0.2, 0) is 12.8 Å². The second kappa shape index (κ2) is 8.43. The molecule has 0 aliphatic rings. The Labute approximate surface area is 173 Å². The van der Waals surface area contributed by atoms with E-state index >= 15 is 0 Å². The van der Waals surface area contributed by atoms with E-state index in [-0.39, 0.29) is 0 Å². The number of nitrogens with zero attached hydrogens (tertiary/aromatic N) is 8. The van der Waals surface area contributed by atoms with Crippen LogP contribution in [0.3, 0.4) is 0 Å². The number of hydrogen-bond donors (Lipinski definition) is 0. The zero-order valence-corrected chi connectivity index (χ0v) is 16.4. The average molecular weight is 394 g/mol. The first-order valence-electron chi connectivity index (χ1n) is 9.60. The van der Waals surface area contributed by atoms with Gasteiger partial charge in [0.2, 0.25) is 0 Å². The second-order valence-electron chi connectivity index (χ2n) is 6.80. The van der Waals surface area contributed by atoms with Crippen LogP contribution < -0.4 is 0 Å². The summed E-state index contributed by atoms with van der Waals surface area (Å²) in [6.07, 6.45) is 3.67. The number of rotatable bonds is 6. The molecule has 4 rings (SSSR count). The highest BCUT2D eigenvalue weighted by Crippen LogP contribution is 2.28. The van der Waals surface area contributed by atoms with Crippen LogP contribution in [0.15, 0.2) is 60.0 Å². The first-order valence-corrected chi connectivity index (χ1v) is 9.60. The summed E-state index contributed by atoms with van der Waals surface area (Å²) in [5, 5.41) is 17.5. The number of fused-ring (bicyclic) bond motifs is 1. The third kappa shape index (κ3) is 3.58. The van der Waals surface area contributed by atoms with Crippen molar-refractivity contribution in [3.8, 4) is 17.2 Å². The van der Waals surface area contributed by atoms with Crippen molar-refractivity contribution in [3.05, 3.63) is 87.7 Å². The van der Waals surface area contributed by atoms with Crippen molar-refractivity contribution in [3.63, 3.8) is 0 Å². The molecule has 0 N–H and O–H groups in total. The van der Waals surface area contributed by atoms with E-state index in [0.29, 0.717) is 23.6 Å². The quantitative estimate of drug-likeness (QED) is 0.255. The minimum Gasteiger partial charge on any atom is -0.209 e. The van der Waals surface area contributed by atoms with Crippen molar-refractivity contribution in [2.24, 2.45) is 5.11 Å². The fourth-order valence-electron chi connectivity index (χ4n) is 3.56. The highest BCUT2D eigenvalue weighted by molar-refractivity contribution is 5.70. The highest BCUT2D eigenvalue weighted by Gasteiger charge is 2.16. The van der Waals surface area contributed by atoms with Gasteiger partial charge in [0, 0.05) is 16.9 Å². The lowest BCUT2D eigenvalue weighted by atomic mass is 9.96. The van der Waals surface area contributed by atoms with E-state index in [0.717, 1.165) is 40.8 Å². The zero-order valence-electron chi connectivity index (χ0n) is 16.4. The molecule has 0 fully saturated rings. The summed E-state index contributed by atoms with van der Waals surface area (Å²) >= 11 is 0. The monoisotopic (exact) mass is 394 g/mol. The summed E-state index contributed by atoms with van der Waals surface area (Å²) in [5.74, 6) is 0.758. The molecule has 30 heavy (non-hydrogen) atoms. The molecule has 2 aromatic heterocycles. The summed E-state index contributed by atoms with van der Waals surface area (Å²) in [6, 6.07) is 17.8. The number of aryl methyl sites for hydroxylation is 1. The van der Waals surface area contributed by atoms with E-state index in [1.807, 2.05) is 48.5 Å². The maximum atomic E-state index is 9.35. The molecule has 0 amide bonds. The lowest BCUT2D eigenvalue weighted by molar-refractivity contribution is 0.777. The van der Waals surface area contributed by atoms with Gasteiger partial charge < -0.3 is 0 Å². The first kappa shape index (κ1) is 19.1. The van der Waals surface area contributed by atoms with Gasteiger partial charge in [0.15, 0.2) is 0 Å². The summed E-state index contributed by atoms with van der Waals surface area (Å²) in [7, 11) is 0. The first-order chi connectivity index (χ1) is 14.7. The third-order valence-corrected chi connectivity index (χ3v) is 4.93. The van der Waals surface area contributed by atoms with Gasteiger partial charge in [-0.05, 0) is 39.8 Å². The van der Waals surface area contributed by atoms with Gasteiger partial charge in [0.25, 0.3) is 5.78 Å². The Morgan fingerprint density at radius 3 is 2.70 bits per heavy atom. The molecule has 4 aromatic rings. The Hall–Kier alpha value is -4.21. The maximum Gasteiger partial charge on any atom is 0.252 e. The number of aromatic nitrogens is 4. The predicted molar refractivity (Wildman–Crippen MR) is 113 cm³/mol. The van der Waals surface area contributed by atoms with Crippen molar-refractivity contribution in [1.29, 1.82) is 5.26 Å². The van der Waals surface area contributed by atoms with Gasteiger partial charge in [-0.2, -0.15) is 15.3 Å². The smallest absolute Gasteiger partial charge is 0.209 e. The fourth-order valence-corrected chi connectivity index (χ4v) is 3.56. The van der Waals surface area contributed by atoms with Crippen LogP contribution in [0, 0.1) is 11.3 Å². The van der Waals surface area contributed by atoms with Gasteiger partial charge in [-0.15, -0.1) is 0 Å².